The van der Waals surface area contributed by atoms with E-state index in [4.69, 9.17) is 0 Å². The molecule has 0 bridgehead atoms. The Labute approximate surface area is 169 Å². The van der Waals surface area contributed by atoms with Gasteiger partial charge in [-0.2, -0.15) is 0 Å². The van der Waals surface area contributed by atoms with Gasteiger partial charge < -0.3 is 14.8 Å². The first-order valence-corrected chi connectivity index (χ1v) is 9.93. The molecule has 1 N–H and O–H groups in total. The molecule has 2 aromatic heterocycles. The molecule has 0 saturated carbocycles. The molecule has 1 aliphatic heterocycles. The van der Waals surface area contributed by atoms with Crippen molar-refractivity contribution >= 4 is 16.9 Å². The van der Waals surface area contributed by atoms with Crippen molar-refractivity contribution in [2.45, 2.75) is 32.4 Å². The summed E-state index contributed by atoms with van der Waals surface area (Å²) in [7, 11) is 1.69. The van der Waals surface area contributed by atoms with Gasteiger partial charge in [-0.15, -0.1) is 0 Å². The molecule has 1 aliphatic rings. The van der Waals surface area contributed by atoms with Gasteiger partial charge in [0.2, 0.25) is 0 Å². The van der Waals surface area contributed by atoms with Crippen molar-refractivity contribution in [3.05, 3.63) is 69.9 Å². The van der Waals surface area contributed by atoms with Gasteiger partial charge in [0.25, 0.3) is 11.5 Å². The summed E-state index contributed by atoms with van der Waals surface area (Å²) in [6, 6.07) is 9.61. The Morgan fingerprint density at radius 3 is 2.69 bits per heavy atom. The Hall–Kier alpha value is -3.06. The van der Waals surface area contributed by atoms with E-state index in [1.807, 2.05) is 43.5 Å². The molecule has 29 heavy (non-hydrogen) atoms. The third-order valence-corrected chi connectivity index (χ3v) is 5.49. The monoisotopic (exact) mass is 391 g/mol. The van der Waals surface area contributed by atoms with E-state index in [0.29, 0.717) is 11.3 Å². The first-order valence-electron chi connectivity index (χ1n) is 9.93. The quantitative estimate of drug-likeness (QED) is 0.738. The number of nitrogens with one attached hydrogen (secondary N) is 1. The number of para-hydroxylation sites is 2. The van der Waals surface area contributed by atoms with Crippen LogP contribution in [0.25, 0.3) is 11.0 Å². The molecule has 1 amide bonds. The molecule has 0 radical (unpaired) electrons. The van der Waals surface area contributed by atoms with Crippen molar-refractivity contribution in [2.75, 3.05) is 20.1 Å². The molecule has 3 aromatic rings. The lowest BCUT2D eigenvalue weighted by atomic mass is 10.0. The van der Waals surface area contributed by atoms with E-state index >= 15 is 0 Å². The number of piperidine rings is 1. The summed E-state index contributed by atoms with van der Waals surface area (Å²) in [6.07, 6.45) is 5.27. The topological polar surface area (TPSA) is 80.1 Å². The van der Waals surface area contributed by atoms with Crippen LogP contribution in [0.4, 0.5) is 0 Å². The molecule has 7 heteroatoms. The highest BCUT2D eigenvalue weighted by Gasteiger charge is 2.23. The van der Waals surface area contributed by atoms with Crippen LogP contribution in [0.3, 0.4) is 0 Å². The molecule has 4 rings (SSSR count). The van der Waals surface area contributed by atoms with Gasteiger partial charge >= 0.3 is 0 Å². The molecule has 1 fully saturated rings. The Morgan fingerprint density at radius 1 is 1.21 bits per heavy atom. The summed E-state index contributed by atoms with van der Waals surface area (Å²) in [5.41, 5.74) is 3.01. The van der Waals surface area contributed by atoms with Crippen molar-refractivity contribution < 1.29 is 4.79 Å². The number of carbonyl (C=O) groups is 1. The number of hydrogen-bond acceptors (Lipinski definition) is 5. The summed E-state index contributed by atoms with van der Waals surface area (Å²) in [5, 5.41) is 3.31. The number of aryl methyl sites for hydroxylation is 1. The van der Waals surface area contributed by atoms with Gasteiger partial charge in [-0.1, -0.05) is 12.1 Å². The number of fused-ring (bicyclic) bond motifs is 1. The first kappa shape index (κ1) is 19.3. The minimum Gasteiger partial charge on any atom is -0.336 e. The summed E-state index contributed by atoms with van der Waals surface area (Å²) in [4.78, 5) is 36.8. The molecule has 1 saturated heterocycles. The molecule has 0 unspecified atom stereocenters. The fraction of sp³-hybridized carbons (Fsp3) is 0.364. The average molecular weight is 391 g/mol. The Balaban J connectivity index is 1.60. The van der Waals surface area contributed by atoms with Crippen molar-refractivity contribution in [3.63, 3.8) is 0 Å². The third kappa shape index (κ3) is 3.91. The molecule has 0 spiro atoms. The second-order valence-corrected chi connectivity index (χ2v) is 7.58. The number of amides is 1. The van der Waals surface area contributed by atoms with E-state index in [1.165, 1.54) is 4.90 Å². The predicted molar refractivity (Wildman–Crippen MR) is 112 cm³/mol. The molecule has 3 heterocycles. The van der Waals surface area contributed by atoms with E-state index < -0.39 is 0 Å². The molecular formula is C22H25N5O2. The molecule has 150 valence electrons. The van der Waals surface area contributed by atoms with Gasteiger partial charge in [0, 0.05) is 19.3 Å². The first-order chi connectivity index (χ1) is 14.0. The molecule has 1 aromatic carbocycles. The van der Waals surface area contributed by atoms with Crippen LogP contribution in [0.15, 0.2) is 47.5 Å². The van der Waals surface area contributed by atoms with Crippen LogP contribution in [-0.4, -0.2) is 45.5 Å². The van der Waals surface area contributed by atoms with Crippen LogP contribution >= 0.6 is 0 Å². The minimum absolute atomic E-state index is 0.132. The summed E-state index contributed by atoms with van der Waals surface area (Å²) in [5.74, 6) is -0.286. The van der Waals surface area contributed by atoms with Crippen LogP contribution in [-0.2, 0) is 6.54 Å². The Morgan fingerprint density at radius 2 is 1.93 bits per heavy atom. The van der Waals surface area contributed by atoms with Gasteiger partial charge in [0.05, 0.1) is 29.5 Å². The van der Waals surface area contributed by atoms with Crippen molar-refractivity contribution in [1.29, 1.82) is 0 Å². The number of carbonyl (C=O) groups excluding carboxylic acids is 1. The molecule has 7 nitrogen and oxygen atoms in total. The zero-order chi connectivity index (χ0) is 20.4. The Kier molecular flexibility index (Phi) is 5.40. The smallest absolute Gasteiger partial charge is 0.263 e. The van der Waals surface area contributed by atoms with Crippen LogP contribution in [0.2, 0.25) is 0 Å². The van der Waals surface area contributed by atoms with Gasteiger partial charge in [-0.3, -0.25) is 14.6 Å². The summed E-state index contributed by atoms with van der Waals surface area (Å²) >= 11 is 0. The van der Waals surface area contributed by atoms with Crippen molar-refractivity contribution in [1.82, 2.24) is 24.8 Å². The maximum Gasteiger partial charge on any atom is 0.263 e. The summed E-state index contributed by atoms with van der Waals surface area (Å²) < 4.78 is 1.73. The average Bonchev–Trinajstić information content (AvgIpc) is 2.74. The van der Waals surface area contributed by atoms with Gasteiger partial charge in [0.15, 0.2) is 0 Å². The highest BCUT2D eigenvalue weighted by Crippen LogP contribution is 2.18. The zero-order valence-corrected chi connectivity index (χ0v) is 16.8. The van der Waals surface area contributed by atoms with Crippen LogP contribution < -0.4 is 10.9 Å². The second kappa shape index (κ2) is 8.13. The van der Waals surface area contributed by atoms with Crippen LogP contribution in [0.1, 0.15) is 40.5 Å². The third-order valence-electron chi connectivity index (χ3n) is 5.49. The zero-order valence-electron chi connectivity index (χ0n) is 16.8. The largest absolute Gasteiger partial charge is 0.336 e. The highest BCUT2D eigenvalue weighted by atomic mass is 16.2. The van der Waals surface area contributed by atoms with Crippen molar-refractivity contribution in [3.8, 4) is 0 Å². The summed E-state index contributed by atoms with van der Waals surface area (Å²) in [6.45, 7) is 3.87. The number of benzene rings is 1. The van der Waals surface area contributed by atoms with Gasteiger partial charge in [0.1, 0.15) is 5.56 Å². The second-order valence-electron chi connectivity index (χ2n) is 7.58. The number of rotatable bonds is 4. The lowest BCUT2D eigenvalue weighted by Gasteiger charge is -2.26. The SMILES string of the molecule is Cc1ccn(C2CCNCC2)c(=O)c1C(=O)N(C)Cc1cnc2ccccc2n1. The molecule has 0 aliphatic carbocycles. The normalized spacial score (nSPS) is 14.8. The standard InChI is InChI=1S/C22H25N5O2/c1-15-9-12-27(17-7-10-23-11-8-17)22(29)20(15)21(28)26(2)14-16-13-24-18-5-3-4-6-19(18)25-16/h3-6,9,12-13,17,23H,7-8,10-11,14H2,1-2H3. The van der Waals surface area contributed by atoms with Crippen molar-refractivity contribution in [2.24, 2.45) is 0 Å². The number of pyridine rings is 1. The molecule has 0 atom stereocenters. The molecular weight excluding hydrogens is 366 g/mol. The van der Waals surface area contributed by atoms with Gasteiger partial charge in [-0.05, 0) is 56.6 Å². The Bertz CT molecular complexity index is 1100. The van der Waals surface area contributed by atoms with Gasteiger partial charge in [-0.25, -0.2) is 4.98 Å². The fourth-order valence-corrected chi connectivity index (χ4v) is 3.85. The maximum atomic E-state index is 13.1. The highest BCUT2D eigenvalue weighted by molar-refractivity contribution is 5.95. The van der Waals surface area contributed by atoms with Crippen LogP contribution in [0.5, 0.6) is 0 Å². The fourth-order valence-electron chi connectivity index (χ4n) is 3.85. The lowest BCUT2D eigenvalue weighted by Crippen LogP contribution is -2.39. The van der Waals surface area contributed by atoms with E-state index in [-0.39, 0.29) is 29.6 Å². The van der Waals surface area contributed by atoms with E-state index in [1.54, 1.807) is 17.8 Å². The lowest BCUT2D eigenvalue weighted by molar-refractivity contribution is 0.0779. The van der Waals surface area contributed by atoms with E-state index in [9.17, 15) is 9.59 Å². The van der Waals surface area contributed by atoms with E-state index in [2.05, 4.69) is 15.3 Å². The predicted octanol–water partition coefficient (Wildman–Crippen LogP) is 2.30. The minimum atomic E-state index is -0.286. The number of hydrogen-bond donors (Lipinski definition) is 1. The maximum absolute atomic E-state index is 13.1. The number of nitrogens with zero attached hydrogens (tertiary/aromatic N) is 4. The van der Waals surface area contributed by atoms with Crippen LogP contribution in [0, 0.1) is 6.92 Å². The van der Waals surface area contributed by atoms with E-state index in [0.717, 1.165) is 37.0 Å². The number of aromatic nitrogens is 3.